The number of fused-ring (bicyclic) bond motifs is 3. The molecule has 182 valence electrons. The van der Waals surface area contributed by atoms with Crippen LogP contribution in [-0.4, -0.2) is 49.4 Å². The van der Waals surface area contributed by atoms with Crippen LogP contribution in [-0.2, 0) is 6.18 Å². The summed E-state index contributed by atoms with van der Waals surface area (Å²) in [5.41, 5.74) is 0.455. The molecule has 0 radical (unpaired) electrons. The van der Waals surface area contributed by atoms with Crippen LogP contribution in [0.2, 0.25) is 0 Å². The summed E-state index contributed by atoms with van der Waals surface area (Å²) in [5.74, 6) is -0.0835. The van der Waals surface area contributed by atoms with E-state index in [1.807, 2.05) is 0 Å². The molecule has 6 rings (SSSR count). The minimum atomic E-state index is -4.45. The highest BCUT2D eigenvalue weighted by Crippen LogP contribution is 2.38. The number of alkyl halides is 3. The summed E-state index contributed by atoms with van der Waals surface area (Å²) < 4.78 is 51.9. The molecule has 3 aromatic rings. The topological polar surface area (TPSA) is 83.9 Å². The number of aromatic nitrogens is 4. The first-order valence-electron chi connectivity index (χ1n) is 11.3. The fraction of sp³-hybridized carbons (Fsp3) is 0.375. The van der Waals surface area contributed by atoms with Gasteiger partial charge < -0.3 is 10.2 Å². The molecule has 0 spiro atoms. The summed E-state index contributed by atoms with van der Waals surface area (Å²) in [7, 11) is 0. The van der Waals surface area contributed by atoms with Gasteiger partial charge in [-0.15, -0.1) is 0 Å². The molecule has 3 fully saturated rings. The predicted octanol–water partition coefficient (Wildman–Crippen LogP) is 4.51. The van der Waals surface area contributed by atoms with Gasteiger partial charge in [-0.25, -0.2) is 24.3 Å². The monoisotopic (exact) mass is 486 g/mol. The number of nitrogens with zero attached hydrogens (tertiary/aromatic N) is 5. The lowest BCUT2D eigenvalue weighted by atomic mass is 9.76. The van der Waals surface area contributed by atoms with Gasteiger partial charge in [0, 0.05) is 24.5 Å². The Hall–Kier alpha value is -3.63. The number of hydrogen-bond donors (Lipinski definition) is 1. The van der Waals surface area contributed by atoms with E-state index in [0.717, 1.165) is 43.9 Å². The molecule has 1 aliphatic carbocycles. The van der Waals surface area contributed by atoms with Crippen molar-refractivity contribution in [3.05, 3.63) is 65.5 Å². The zero-order chi connectivity index (χ0) is 24.7. The molecule has 0 aromatic carbocycles. The standard InChI is InChI=1S/C24H22F4N6O/c1-13-2-5-17(21(32-13)22-30-10-16(25)11-31-22)23(35)34-12-14-3-6-19(34)18(8-14)33-20-7-4-15(9-29-20)24(26,27)28/h2,4-5,7,9-11,14,18-19H,3,6,8,12H2,1H3,(H,29,33)/t14-,18+,19-/m0/s1. The summed E-state index contributed by atoms with van der Waals surface area (Å²) in [5, 5.41) is 3.23. The highest BCUT2D eigenvalue weighted by atomic mass is 19.4. The smallest absolute Gasteiger partial charge is 0.365 e. The van der Waals surface area contributed by atoms with Crippen LogP contribution < -0.4 is 5.32 Å². The SMILES string of the molecule is Cc1ccc(C(=O)N2C[C@H]3CC[C@H]2[C@H](Nc2ccc(C(F)(F)F)cn2)C3)c(-c2ncc(F)cn2)n1. The van der Waals surface area contributed by atoms with Crippen molar-refractivity contribution in [1.29, 1.82) is 0 Å². The van der Waals surface area contributed by atoms with Gasteiger partial charge in [-0.2, -0.15) is 13.2 Å². The third-order valence-corrected chi connectivity index (χ3v) is 6.56. The van der Waals surface area contributed by atoms with Gasteiger partial charge in [0.2, 0.25) is 0 Å². The average molecular weight is 486 g/mol. The zero-order valence-electron chi connectivity index (χ0n) is 18.8. The maximum Gasteiger partial charge on any atom is 0.417 e. The normalized spacial score (nSPS) is 21.7. The van der Waals surface area contributed by atoms with Crippen LogP contribution in [0.25, 0.3) is 11.5 Å². The molecule has 7 nitrogen and oxygen atoms in total. The average Bonchev–Trinajstić information content (AvgIpc) is 2.84. The summed E-state index contributed by atoms with van der Waals surface area (Å²) >= 11 is 0. The molecular formula is C24H22F4N6O. The molecule has 1 amide bonds. The molecule has 3 atom stereocenters. The molecule has 2 bridgehead atoms. The number of nitrogens with one attached hydrogen (secondary N) is 1. The van der Waals surface area contributed by atoms with Gasteiger partial charge in [0.1, 0.15) is 11.5 Å². The van der Waals surface area contributed by atoms with Crippen molar-refractivity contribution in [3.63, 3.8) is 0 Å². The quantitative estimate of drug-likeness (QED) is 0.547. The Morgan fingerprint density at radius 3 is 2.49 bits per heavy atom. The van der Waals surface area contributed by atoms with Crippen molar-refractivity contribution in [3.8, 4) is 11.5 Å². The van der Waals surface area contributed by atoms with E-state index in [2.05, 4.69) is 25.3 Å². The Labute approximate surface area is 198 Å². The molecule has 0 unspecified atom stereocenters. The van der Waals surface area contributed by atoms with E-state index < -0.39 is 17.6 Å². The van der Waals surface area contributed by atoms with Crippen molar-refractivity contribution in [2.75, 3.05) is 11.9 Å². The summed E-state index contributed by atoms with van der Waals surface area (Å²) in [6.07, 6.45) is 0.924. The van der Waals surface area contributed by atoms with Crippen molar-refractivity contribution in [2.24, 2.45) is 5.92 Å². The number of anilines is 1. The molecular weight excluding hydrogens is 464 g/mol. The lowest BCUT2D eigenvalue weighted by molar-refractivity contribution is -0.137. The molecule has 11 heteroatoms. The molecule has 2 aliphatic heterocycles. The second kappa shape index (κ2) is 8.86. The Morgan fingerprint density at radius 2 is 1.83 bits per heavy atom. The van der Waals surface area contributed by atoms with Gasteiger partial charge in [-0.05, 0) is 56.4 Å². The summed E-state index contributed by atoms with van der Waals surface area (Å²) in [6.45, 7) is 2.35. The van der Waals surface area contributed by atoms with Crippen LogP contribution in [0.5, 0.6) is 0 Å². The van der Waals surface area contributed by atoms with E-state index in [1.54, 1.807) is 24.0 Å². The van der Waals surface area contributed by atoms with E-state index in [4.69, 9.17) is 0 Å². The van der Waals surface area contributed by atoms with Crippen LogP contribution in [0.4, 0.5) is 23.4 Å². The van der Waals surface area contributed by atoms with Crippen LogP contribution in [0.1, 0.15) is 40.9 Å². The van der Waals surface area contributed by atoms with Gasteiger partial charge >= 0.3 is 6.18 Å². The zero-order valence-corrected chi connectivity index (χ0v) is 18.8. The number of aryl methyl sites for hydroxylation is 1. The van der Waals surface area contributed by atoms with E-state index in [-0.39, 0.29) is 35.4 Å². The van der Waals surface area contributed by atoms with E-state index in [9.17, 15) is 22.4 Å². The van der Waals surface area contributed by atoms with E-state index >= 15 is 0 Å². The number of rotatable bonds is 4. The van der Waals surface area contributed by atoms with Gasteiger partial charge in [0.25, 0.3) is 5.91 Å². The Bertz CT molecular complexity index is 1230. The van der Waals surface area contributed by atoms with Crippen molar-refractivity contribution in [2.45, 2.75) is 44.4 Å². The van der Waals surface area contributed by atoms with Gasteiger partial charge in [0.05, 0.1) is 29.6 Å². The van der Waals surface area contributed by atoms with Crippen LogP contribution in [0, 0.1) is 18.7 Å². The minimum Gasteiger partial charge on any atom is -0.365 e. The van der Waals surface area contributed by atoms with Crippen LogP contribution in [0.3, 0.4) is 0 Å². The number of amides is 1. The molecule has 2 saturated heterocycles. The fourth-order valence-electron chi connectivity index (χ4n) is 4.91. The largest absolute Gasteiger partial charge is 0.417 e. The first-order valence-corrected chi connectivity index (χ1v) is 11.3. The second-order valence-corrected chi connectivity index (χ2v) is 8.96. The highest BCUT2D eigenvalue weighted by molar-refractivity contribution is 5.99. The van der Waals surface area contributed by atoms with Crippen molar-refractivity contribution in [1.82, 2.24) is 24.8 Å². The molecule has 1 N–H and O–H groups in total. The summed E-state index contributed by atoms with van der Waals surface area (Å²) in [4.78, 5) is 31.9. The highest BCUT2D eigenvalue weighted by Gasteiger charge is 2.44. The third-order valence-electron chi connectivity index (χ3n) is 6.56. The number of carbonyl (C=O) groups is 1. The number of carbonyl (C=O) groups excluding carboxylic acids is 1. The fourth-order valence-corrected chi connectivity index (χ4v) is 4.91. The van der Waals surface area contributed by atoms with Crippen LogP contribution >= 0.6 is 0 Å². The van der Waals surface area contributed by atoms with Crippen LogP contribution in [0.15, 0.2) is 42.9 Å². The van der Waals surface area contributed by atoms with E-state index in [0.29, 0.717) is 23.6 Å². The second-order valence-electron chi connectivity index (χ2n) is 8.96. The minimum absolute atomic E-state index is 0.153. The lowest BCUT2D eigenvalue weighted by Gasteiger charge is -2.50. The molecule has 35 heavy (non-hydrogen) atoms. The number of hydrogen-bond acceptors (Lipinski definition) is 6. The predicted molar refractivity (Wildman–Crippen MR) is 119 cm³/mol. The maximum absolute atomic E-state index is 13.7. The third kappa shape index (κ3) is 4.67. The van der Waals surface area contributed by atoms with Gasteiger partial charge in [0.15, 0.2) is 11.6 Å². The molecule has 5 heterocycles. The Morgan fingerprint density at radius 1 is 1.06 bits per heavy atom. The number of piperidine rings is 2. The van der Waals surface area contributed by atoms with Gasteiger partial charge in [-0.3, -0.25) is 4.79 Å². The van der Waals surface area contributed by atoms with Crippen molar-refractivity contribution >= 4 is 11.7 Å². The van der Waals surface area contributed by atoms with Gasteiger partial charge in [-0.1, -0.05) is 0 Å². The van der Waals surface area contributed by atoms with Crippen molar-refractivity contribution < 1.29 is 22.4 Å². The summed E-state index contributed by atoms with van der Waals surface area (Å²) in [6, 6.07) is 5.39. The maximum atomic E-state index is 13.7. The first-order chi connectivity index (χ1) is 16.7. The molecule has 3 aliphatic rings. The number of halogens is 4. The molecule has 1 saturated carbocycles. The lowest BCUT2D eigenvalue weighted by Crippen LogP contribution is -2.59. The number of pyridine rings is 2. The first kappa shape index (κ1) is 23.1. The Balaban J connectivity index is 1.40. The van der Waals surface area contributed by atoms with E-state index in [1.165, 1.54) is 6.07 Å². The molecule has 3 aromatic heterocycles. The Kier molecular flexibility index (Phi) is 5.86.